The lowest BCUT2D eigenvalue weighted by molar-refractivity contribution is -0.127. The highest BCUT2D eigenvalue weighted by Crippen LogP contribution is 2.38. The number of fused-ring (bicyclic) bond motifs is 1. The summed E-state index contributed by atoms with van der Waals surface area (Å²) in [4.78, 5) is 28.1. The molecule has 2 amide bonds. The number of carbonyl (C=O) groups excluding carboxylic acids is 2. The summed E-state index contributed by atoms with van der Waals surface area (Å²) in [6.45, 7) is 5.21. The van der Waals surface area contributed by atoms with E-state index in [1.54, 1.807) is 6.92 Å². The summed E-state index contributed by atoms with van der Waals surface area (Å²) >= 11 is 0. The Bertz CT molecular complexity index is 1220. The van der Waals surface area contributed by atoms with E-state index in [4.69, 9.17) is 4.74 Å². The molecule has 180 valence electrons. The maximum atomic E-state index is 13.6. The van der Waals surface area contributed by atoms with Crippen LogP contribution >= 0.6 is 0 Å². The molecule has 5 nitrogen and oxygen atoms in total. The van der Waals surface area contributed by atoms with Crippen LogP contribution in [0.5, 0.6) is 5.75 Å². The lowest BCUT2D eigenvalue weighted by Crippen LogP contribution is -2.40. The average molecular weight is 469 g/mol. The summed E-state index contributed by atoms with van der Waals surface area (Å²) < 4.78 is 6.07. The van der Waals surface area contributed by atoms with Crippen molar-refractivity contribution in [1.82, 2.24) is 10.2 Å². The molecular weight excluding hydrogens is 436 g/mol. The standard InChI is InChI=1S/C30H32N2O3/c1-20-7-6-10-25(17-20)28-27-18-26(35-21(2)29(33)31-19-22-11-12-22)14-13-23(27)15-16-32(28)30(34)24-8-4-3-5-9-24/h3-10,13-14,17-18,21-22,28H,11-12,15-16,19H2,1-2H3,(H,31,33)/t21-,28+/m1/s1. The highest BCUT2D eigenvalue weighted by atomic mass is 16.5. The number of ether oxygens (including phenoxy) is 1. The molecule has 2 atom stereocenters. The van der Waals surface area contributed by atoms with Crippen molar-refractivity contribution in [3.8, 4) is 5.75 Å². The summed E-state index contributed by atoms with van der Waals surface area (Å²) in [5, 5.41) is 2.99. The largest absolute Gasteiger partial charge is 0.481 e. The zero-order chi connectivity index (χ0) is 24.4. The maximum absolute atomic E-state index is 13.6. The number of amides is 2. The molecule has 1 N–H and O–H groups in total. The molecule has 35 heavy (non-hydrogen) atoms. The van der Waals surface area contributed by atoms with Gasteiger partial charge in [0.25, 0.3) is 11.8 Å². The minimum atomic E-state index is -0.588. The molecule has 2 aliphatic rings. The van der Waals surface area contributed by atoms with Crippen LogP contribution < -0.4 is 10.1 Å². The van der Waals surface area contributed by atoms with Gasteiger partial charge < -0.3 is 15.0 Å². The van der Waals surface area contributed by atoms with Crippen LogP contribution in [0.2, 0.25) is 0 Å². The minimum Gasteiger partial charge on any atom is -0.481 e. The third-order valence-electron chi connectivity index (χ3n) is 6.93. The van der Waals surface area contributed by atoms with Gasteiger partial charge in [-0.2, -0.15) is 0 Å². The Hall–Kier alpha value is -3.60. The van der Waals surface area contributed by atoms with E-state index in [0.717, 1.165) is 29.7 Å². The molecule has 0 aromatic heterocycles. The molecule has 0 saturated heterocycles. The molecule has 5 rings (SSSR count). The zero-order valence-electron chi connectivity index (χ0n) is 20.4. The van der Waals surface area contributed by atoms with Gasteiger partial charge in [-0.1, -0.05) is 54.1 Å². The molecule has 1 saturated carbocycles. The summed E-state index contributed by atoms with van der Waals surface area (Å²) in [5.74, 6) is 1.19. The van der Waals surface area contributed by atoms with E-state index in [9.17, 15) is 9.59 Å². The molecule has 1 aliphatic carbocycles. The van der Waals surface area contributed by atoms with Crippen molar-refractivity contribution in [2.24, 2.45) is 5.92 Å². The first kappa shape index (κ1) is 23.2. The molecule has 5 heteroatoms. The summed E-state index contributed by atoms with van der Waals surface area (Å²) in [7, 11) is 0. The van der Waals surface area contributed by atoms with Gasteiger partial charge in [0.1, 0.15) is 5.75 Å². The molecule has 0 unspecified atom stereocenters. The number of rotatable bonds is 7. The van der Waals surface area contributed by atoms with E-state index in [1.165, 1.54) is 18.4 Å². The summed E-state index contributed by atoms with van der Waals surface area (Å²) in [6.07, 6.45) is 2.57. The predicted octanol–water partition coefficient (Wildman–Crippen LogP) is 5.08. The van der Waals surface area contributed by atoms with Gasteiger partial charge in [-0.15, -0.1) is 0 Å². The van der Waals surface area contributed by atoms with Crippen molar-refractivity contribution in [2.75, 3.05) is 13.1 Å². The van der Waals surface area contributed by atoms with Gasteiger partial charge >= 0.3 is 0 Å². The van der Waals surface area contributed by atoms with Crippen molar-refractivity contribution >= 4 is 11.8 Å². The Morgan fingerprint density at radius 3 is 2.57 bits per heavy atom. The van der Waals surface area contributed by atoms with Crippen LogP contribution in [0.3, 0.4) is 0 Å². The molecule has 0 spiro atoms. The van der Waals surface area contributed by atoms with E-state index in [0.29, 0.717) is 23.8 Å². The van der Waals surface area contributed by atoms with Crippen LogP contribution in [0.25, 0.3) is 0 Å². The van der Waals surface area contributed by atoms with Crippen molar-refractivity contribution < 1.29 is 14.3 Å². The van der Waals surface area contributed by atoms with Gasteiger partial charge in [-0.25, -0.2) is 0 Å². The second kappa shape index (κ2) is 9.95. The fourth-order valence-electron chi connectivity index (χ4n) is 4.80. The molecular formula is C30H32N2O3. The van der Waals surface area contributed by atoms with Crippen LogP contribution in [0.15, 0.2) is 72.8 Å². The molecule has 1 aliphatic heterocycles. The number of carbonyl (C=O) groups is 2. The number of hydrogen-bond acceptors (Lipinski definition) is 3. The highest BCUT2D eigenvalue weighted by molar-refractivity contribution is 5.95. The van der Waals surface area contributed by atoms with Crippen LogP contribution in [0, 0.1) is 12.8 Å². The van der Waals surface area contributed by atoms with E-state index in [2.05, 4.69) is 36.5 Å². The number of nitrogens with one attached hydrogen (secondary N) is 1. The average Bonchev–Trinajstić information content (AvgIpc) is 3.71. The predicted molar refractivity (Wildman–Crippen MR) is 136 cm³/mol. The van der Waals surface area contributed by atoms with Crippen molar-refractivity contribution in [1.29, 1.82) is 0 Å². The molecule has 0 bridgehead atoms. The Labute approximate surface area is 207 Å². The number of hydrogen-bond donors (Lipinski definition) is 1. The van der Waals surface area contributed by atoms with Gasteiger partial charge in [0.15, 0.2) is 6.10 Å². The molecule has 0 radical (unpaired) electrons. The minimum absolute atomic E-state index is 0.0156. The second-order valence-corrected chi connectivity index (χ2v) is 9.74. The van der Waals surface area contributed by atoms with Gasteiger partial charge in [0.05, 0.1) is 6.04 Å². The quantitative estimate of drug-likeness (QED) is 0.526. The lowest BCUT2D eigenvalue weighted by atomic mass is 9.87. The fourth-order valence-corrected chi connectivity index (χ4v) is 4.80. The van der Waals surface area contributed by atoms with E-state index in [-0.39, 0.29) is 17.9 Å². The van der Waals surface area contributed by atoms with Crippen molar-refractivity contribution in [3.63, 3.8) is 0 Å². The number of aryl methyl sites for hydroxylation is 1. The number of benzene rings is 3. The lowest BCUT2D eigenvalue weighted by Gasteiger charge is -2.38. The third-order valence-corrected chi connectivity index (χ3v) is 6.93. The summed E-state index contributed by atoms with van der Waals surface area (Å²) in [5.41, 5.74) is 5.15. The van der Waals surface area contributed by atoms with Gasteiger partial charge in [-0.05, 0) is 80.0 Å². The zero-order valence-corrected chi connectivity index (χ0v) is 20.4. The third kappa shape index (κ3) is 5.24. The molecule has 1 heterocycles. The van der Waals surface area contributed by atoms with E-state index in [1.807, 2.05) is 53.4 Å². The Balaban J connectivity index is 1.46. The highest BCUT2D eigenvalue weighted by Gasteiger charge is 2.33. The Morgan fingerprint density at radius 2 is 1.83 bits per heavy atom. The second-order valence-electron chi connectivity index (χ2n) is 9.74. The molecule has 3 aromatic rings. The van der Waals surface area contributed by atoms with E-state index >= 15 is 0 Å². The first-order valence-corrected chi connectivity index (χ1v) is 12.5. The first-order valence-electron chi connectivity index (χ1n) is 12.5. The SMILES string of the molecule is Cc1cccc([C@H]2c3cc(O[C@H](C)C(=O)NCC4CC4)ccc3CCN2C(=O)c2ccccc2)c1. The number of nitrogens with zero attached hydrogens (tertiary/aromatic N) is 1. The fraction of sp³-hybridized carbons (Fsp3) is 0.333. The van der Waals surface area contributed by atoms with Crippen molar-refractivity contribution in [3.05, 3.63) is 101 Å². The first-order chi connectivity index (χ1) is 17.0. The topological polar surface area (TPSA) is 58.6 Å². The van der Waals surface area contributed by atoms with Gasteiger partial charge in [-0.3, -0.25) is 9.59 Å². The normalized spacial score (nSPS) is 17.9. The molecule has 3 aromatic carbocycles. The van der Waals surface area contributed by atoms with Crippen LogP contribution in [0.1, 0.15) is 58.4 Å². The smallest absolute Gasteiger partial charge is 0.260 e. The summed E-state index contributed by atoms with van der Waals surface area (Å²) in [6, 6.07) is 23.6. The van der Waals surface area contributed by atoms with Crippen LogP contribution in [-0.4, -0.2) is 35.9 Å². The molecule has 1 fully saturated rings. The van der Waals surface area contributed by atoms with Crippen LogP contribution in [-0.2, 0) is 11.2 Å². The van der Waals surface area contributed by atoms with Crippen LogP contribution in [0.4, 0.5) is 0 Å². The van der Waals surface area contributed by atoms with Gasteiger partial charge in [0, 0.05) is 18.7 Å². The monoisotopic (exact) mass is 468 g/mol. The van der Waals surface area contributed by atoms with Crippen molar-refractivity contribution in [2.45, 2.75) is 45.3 Å². The maximum Gasteiger partial charge on any atom is 0.260 e. The Morgan fingerprint density at radius 1 is 1.03 bits per heavy atom. The Kier molecular flexibility index (Phi) is 6.58. The van der Waals surface area contributed by atoms with E-state index < -0.39 is 6.10 Å². The van der Waals surface area contributed by atoms with Gasteiger partial charge in [0.2, 0.25) is 0 Å².